The smallest absolute Gasteiger partial charge is 0.361 e. The fourth-order valence-corrected chi connectivity index (χ4v) is 13.5. The Bertz CT molecular complexity index is 1560. The van der Waals surface area contributed by atoms with Crippen molar-refractivity contribution in [2.24, 2.45) is 0 Å². The van der Waals surface area contributed by atoms with E-state index in [0.29, 0.717) is 17.4 Å². The van der Waals surface area contributed by atoms with Gasteiger partial charge in [0.2, 0.25) is 0 Å². The zero-order valence-corrected chi connectivity index (χ0v) is 64.9. The second kappa shape index (κ2) is 77.8. The Hall–Kier alpha value is -1.97. The van der Waals surface area contributed by atoms with E-state index in [0.717, 1.165) is 38.5 Å². The molecule has 9 nitrogen and oxygen atoms in total. The van der Waals surface area contributed by atoms with Crippen LogP contribution in [0.5, 0.6) is 0 Å². The van der Waals surface area contributed by atoms with E-state index in [1.54, 1.807) is 0 Å². The molecule has 0 saturated heterocycles. The summed E-state index contributed by atoms with van der Waals surface area (Å²) in [6, 6.07) is 0. The van der Waals surface area contributed by atoms with Crippen molar-refractivity contribution in [3.63, 3.8) is 0 Å². The van der Waals surface area contributed by atoms with Crippen molar-refractivity contribution < 1.29 is 42.9 Å². The molecule has 0 aliphatic carbocycles. The van der Waals surface area contributed by atoms with E-state index in [4.69, 9.17) is 18.9 Å². The maximum absolute atomic E-state index is 13.0. The minimum Gasteiger partial charge on any atom is -0.477 e. The number of carboxylic acid groups (broad SMARTS) is 1. The molecule has 2 unspecified atom stereocenters. The highest BCUT2D eigenvalue weighted by Gasteiger charge is 2.25. The minimum absolute atomic E-state index is 0.172. The van der Waals surface area contributed by atoms with Crippen LogP contribution in [0.4, 0.5) is 0 Å². The summed E-state index contributed by atoms with van der Waals surface area (Å²) >= 11 is 0. The van der Waals surface area contributed by atoms with Crippen LogP contribution in [0.25, 0.3) is 0 Å². The van der Waals surface area contributed by atoms with E-state index in [2.05, 4.69) is 26.0 Å². The number of ether oxygens (including phenoxy) is 4. The van der Waals surface area contributed by atoms with Crippen molar-refractivity contribution >= 4 is 17.9 Å². The molecule has 9 heteroatoms. The van der Waals surface area contributed by atoms with Crippen molar-refractivity contribution in [2.75, 3.05) is 47.5 Å². The lowest BCUT2D eigenvalue weighted by molar-refractivity contribution is -0.870. The monoisotopic (exact) mass is 1340 g/mol. The number of allylic oxidation sites excluding steroid dienone is 2. The molecular formula is C86H168NO8+. The van der Waals surface area contributed by atoms with Crippen LogP contribution in [0.2, 0.25) is 0 Å². The van der Waals surface area contributed by atoms with E-state index < -0.39 is 18.4 Å². The Morgan fingerprint density at radius 1 is 0.305 bits per heavy atom. The molecule has 0 saturated carbocycles. The van der Waals surface area contributed by atoms with Gasteiger partial charge in [0.25, 0.3) is 6.29 Å². The third kappa shape index (κ3) is 79.2. The molecule has 564 valence electrons. The van der Waals surface area contributed by atoms with Gasteiger partial charge in [0.05, 0.1) is 34.4 Å². The molecule has 2 atom stereocenters. The highest BCUT2D eigenvalue weighted by Crippen LogP contribution is 2.21. The third-order valence-electron chi connectivity index (χ3n) is 20.0. The van der Waals surface area contributed by atoms with Crippen LogP contribution in [0.3, 0.4) is 0 Å². The lowest BCUT2D eigenvalue weighted by Gasteiger charge is -2.25. The van der Waals surface area contributed by atoms with Gasteiger partial charge in [-0.2, -0.15) is 0 Å². The third-order valence-corrected chi connectivity index (χ3v) is 20.0. The van der Waals surface area contributed by atoms with Gasteiger partial charge in [-0.05, 0) is 38.5 Å². The molecule has 0 aliphatic heterocycles. The lowest BCUT2D eigenvalue weighted by Crippen LogP contribution is -2.40. The summed E-state index contributed by atoms with van der Waals surface area (Å²) in [4.78, 5) is 37.8. The first kappa shape index (κ1) is 93.0. The first-order valence-electron chi connectivity index (χ1n) is 42.9. The number of rotatable bonds is 82. The van der Waals surface area contributed by atoms with Gasteiger partial charge in [-0.15, -0.1) is 0 Å². The molecule has 0 aliphatic rings. The molecule has 0 amide bonds. The zero-order valence-electron chi connectivity index (χ0n) is 64.9. The maximum Gasteiger partial charge on any atom is 0.361 e. The molecule has 0 fully saturated rings. The molecule has 0 aromatic heterocycles. The largest absolute Gasteiger partial charge is 0.477 e. The normalized spacial score (nSPS) is 12.6. The number of esters is 2. The van der Waals surface area contributed by atoms with Gasteiger partial charge in [0.15, 0.2) is 6.10 Å². The first-order valence-corrected chi connectivity index (χ1v) is 42.9. The molecule has 95 heavy (non-hydrogen) atoms. The zero-order chi connectivity index (χ0) is 69.0. The topological polar surface area (TPSA) is 108 Å². The molecule has 0 radical (unpaired) electrons. The number of hydrogen-bond acceptors (Lipinski definition) is 7. The van der Waals surface area contributed by atoms with Gasteiger partial charge in [-0.3, -0.25) is 9.59 Å². The fourth-order valence-electron chi connectivity index (χ4n) is 13.5. The summed E-state index contributed by atoms with van der Waals surface area (Å²) in [7, 11) is 6.01. The number of aliphatic carboxylic acids is 1. The van der Waals surface area contributed by atoms with Crippen LogP contribution in [-0.4, -0.2) is 87.4 Å². The highest BCUT2D eigenvalue weighted by molar-refractivity contribution is 5.71. The molecule has 0 bridgehead atoms. The van der Waals surface area contributed by atoms with E-state index in [1.165, 1.54) is 398 Å². The van der Waals surface area contributed by atoms with Gasteiger partial charge < -0.3 is 28.5 Å². The first-order chi connectivity index (χ1) is 46.6. The molecule has 0 spiro atoms. The van der Waals surface area contributed by atoms with Crippen LogP contribution in [0, 0.1) is 0 Å². The summed E-state index contributed by atoms with van der Waals surface area (Å²) in [5.74, 6) is -1.96. The van der Waals surface area contributed by atoms with E-state index in [1.807, 2.05) is 21.1 Å². The SMILES string of the molecule is CCCCCCCCCC/C=C\CCCCCCCCCCCCCCCCCCCCCCCCCCCCCCCC(=O)OC(COC(=O)CCCCCCCCCCCCCCCCCCCCCCCCCCCCCCC)COC(OCC[N+](C)(C)C)C(=O)O. The average Bonchev–Trinajstić information content (AvgIpc) is 3.54. The Kier molecular flexibility index (Phi) is 76.1. The predicted molar refractivity (Wildman–Crippen MR) is 411 cm³/mol. The van der Waals surface area contributed by atoms with Gasteiger partial charge >= 0.3 is 17.9 Å². The fraction of sp³-hybridized carbons (Fsp3) is 0.942. The highest BCUT2D eigenvalue weighted by atomic mass is 16.7. The van der Waals surface area contributed by atoms with Gasteiger partial charge in [0, 0.05) is 12.8 Å². The molecule has 0 aromatic carbocycles. The van der Waals surface area contributed by atoms with Crippen molar-refractivity contribution in [1.82, 2.24) is 0 Å². The predicted octanol–water partition coefficient (Wildman–Crippen LogP) is 27.5. The lowest BCUT2D eigenvalue weighted by atomic mass is 10.0. The average molecular weight is 1340 g/mol. The van der Waals surface area contributed by atoms with Crippen molar-refractivity contribution in [3.05, 3.63) is 12.2 Å². The number of likely N-dealkylation sites (N-methyl/N-ethyl adjacent to an activating group) is 1. The summed E-state index contributed by atoms with van der Waals surface area (Å²) in [5, 5.41) is 9.78. The minimum atomic E-state index is -1.51. The van der Waals surface area contributed by atoms with Gasteiger partial charge in [0.1, 0.15) is 13.2 Å². The summed E-state index contributed by atoms with van der Waals surface area (Å²) in [6.07, 6.45) is 95.5. The van der Waals surface area contributed by atoms with Crippen LogP contribution < -0.4 is 0 Å². The number of unbranched alkanes of at least 4 members (excludes halogenated alkanes) is 65. The number of carbonyl (C=O) groups excluding carboxylic acids is 2. The summed E-state index contributed by atoms with van der Waals surface area (Å²) < 4.78 is 23.1. The van der Waals surface area contributed by atoms with E-state index >= 15 is 0 Å². The molecule has 1 N–H and O–H groups in total. The van der Waals surface area contributed by atoms with Crippen LogP contribution >= 0.6 is 0 Å². The van der Waals surface area contributed by atoms with Crippen LogP contribution in [0.15, 0.2) is 12.2 Å². The Morgan fingerprint density at radius 2 is 0.537 bits per heavy atom. The molecule has 0 aromatic rings. The number of carboxylic acids is 1. The van der Waals surface area contributed by atoms with Gasteiger partial charge in [-0.1, -0.05) is 424 Å². The van der Waals surface area contributed by atoms with E-state index in [9.17, 15) is 19.5 Å². The van der Waals surface area contributed by atoms with Crippen molar-refractivity contribution in [2.45, 2.75) is 476 Å². The Balaban J connectivity index is 3.89. The quantitative estimate of drug-likeness (QED) is 0.0211. The number of hydrogen-bond donors (Lipinski definition) is 1. The van der Waals surface area contributed by atoms with Crippen LogP contribution in [0.1, 0.15) is 463 Å². The molecule has 0 rings (SSSR count). The van der Waals surface area contributed by atoms with Gasteiger partial charge in [-0.25, -0.2) is 4.79 Å². The summed E-state index contributed by atoms with van der Waals surface area (Å²) in [6.45, 7) is 4.98. The Morgan fingerprint density at radius 3 is 0.779 bits per heavy atom. The Labute approximate surface area is 593 Å². The number of carbonyl (C=O) groups is 3. The van der Waals surface area contributed by atoms with Crippen molar-refractivity contribution in [1.29, 1.82) is 0 Å². The molecular weight excluding hydrogens is 1170 g/mol. The molecule has 0 heterocycles. The second-order valence-corrected chi connectivity index (χ2v) is 30.9. The standard InChI is InChI=1S/C86H167NO8/c1-6-8-10-12-14-16-18-20-22-24-26-28-30-32-34-36-37-38-39-40-41-42-43-44-45-46-47-49-51-53-55-57-59-61-63-65-67-69-71-73-75-77-84(89)95-82(81-94-86(85(90)91)92-79-78-87(3,4)5)80-93-83(88)76-74-72-70-68-66-64-62-60-58-56-54-52-50-48-35-33-31-29-27-25-23-21-19-17-15-13-11-9-7-2/h24,26,82,86H,6-23,25,27-81H2,1-5H3/p+1/b26-24-. The second-order valence-electron chi connectivity index (χ2n) is 30.9. The number of quaternary nitrogens is 1. The van der Waals surface area contributed by atoms with Crippen molar-refractivity contribution in [3.8, 4) is 0 Å². The maximum atomic E-state index is 13.0. The summed E-state index contributed by atoms with van der Waals surface area (Å²) in [5.41, 5.74) is 0. The number of nitrogens with zero attached hydrogens (tertiary/aromatic N) is 1. The van der Waals surface area contributed by atoms with Crippen LogP contribution in [-0.2, 0) is 33.3 Å². The van der Waals surface area contributed by atoms with E-state index in [-0.39, 0.29) is 38.2 Å².